The normalized spacial score (nSPS) is 19.2. The molecule has 1 amide bonds. The smallest absolute Gasteiger partial charge is 0.269 e. The van der Waals surface area contributed by atoms with Crippen LogP contribution >= 0.6 is 0 Å². The van der Waals surface area contributed by atoms with E-state index in [9.17, 15) is 14.9 Å². The van der Waals surface area contributed by atoms with Crippen LogP contribution < -0.4 is 0 Å². The Morgan fingerprint density at radius 2 is 1.74 bits per heavy atom. The first-order valence-electron chi connectivity index (χ1n) is 12.5. The fourth-order valence-corrected chi connectivity index (χ4v) is 5.61. The highest BCUT2D eigenvalue weighted by molar-refractivity contribution is 5.78. The largest absolute Gasteiger partial charge is 0.350 e. The topological polar surface area (TPSA) is 71.6 Å². The molecule has 1 unspecified atom stereocenters. The molecule has 1 saturated heterocycles. The van der Waals surface area contributed by atoms with E-state index in [-0.39, 0.29) is 22.6 Å². The molecule has 2 aliphatic heterocycles. The van der Waals surface area contributed by atoms with Gasteiger partial charge in [0.15, 0.2) is 0 Å². The van der Waals surface area contributed by atoms with Crippen LogP contribution in [0.1, 0.15) is 42.1 Å². The molecule has 182 valence electrons. The molecule has 3 heterocycles. The van der Waals surface area contributed by atoms with E-state index in [4.69, 9.17) is 0 Å². The first-order valence-corrected chi connectivity index (χ1v) is 12.5. The molecule has 2 aliphatic rings. The van der Waals surface area contributed by atoms with Crippen LogP contribution in [0.5, 0.6) is 0 Å². The average molecular weight is 473 g/mol. The van der Waals surface area contributed by atoms with Gasteiger partial charge in [0.2, 0.25) is 5.91 Å². The minimum atomic E-state index is -0.353. The Bertz CT molecular complexity index is 1170. The molecule has 1 aromatic heterocycles. The minimum absolute atomic E-state index is 0.0802. The van der Waals surface area contributed by atoms with Crippen molar-refractivity contribution in [3.63, 3.8) is 0 Å². The van der Waals surface area contributed by atoms with Crippen molar-refractivity contribution in [2.75, 3.05) is 26.2 Å². The number of amides is 1. The fraction of sp³-hybridized carbons (Fsp3) is 0.393. The highest BCUT2D eigenvalue weighted by Gasteiger charge is 2.31. The lowest BCUT2D eigenvalue weighted by molar-refractivity contribution is -0.384. The molecular formula is C28H32N4O3. The summed E-state index contributed by atoms with van der Waals surface area (Å²) >= 11 is 0. The molecule has 5 rings (SSSR count). The molecule has 0 spiro atoms. The summed E-state index contributed by atoms with van der Waals surface area (Å²) in [6, 6.07) is 21.3. The van der Waals surface area contributed by atoms with E-state index < -0.39 is 0 Å². The number of aryl methyl sites for hydroxylation is 1. The number of aromatic nitrogens is 1. The molecule has 35 heavy (non-hydrogen) atoms. The second-order valence-electron chi connectivity index (χ2n) is 9.72. The lowest BCUT2D eigenvalue weighted by Gasteiger charge is -2.35. The molecule has 0 bridgehead atoms. The lowest BCUT2D eigenvalue weighted by atomic mass is 9.90. The molecule has 7 heteroatoms. The summed E-state index contributed by atoms with van der Waals surface area (Å²) in [6.07, 6.45) is 6.11. The molecule has 1 atom stereocenters. The van der Waals surface area contributed by atoms with Crippen LogP contribution in [0.4, 0.5) is 5.69 Å². The van der Waals surface area contributed by atoms with Crippen LogP contribution in [0.3, 0.4) is 0 Å². The van der Waals surface area contributed by atoms with Crippen molar-refractivity contribution in [3.05, 3.63) is 99.9 Å². The molecule has 2 aromatic carbocycles. The Balaban J connectivity index is 1.29. The predicted octanol–water partition coefficient (Wildman–Crippen LogP) is 4.67. The van der Waals surface area contributed by atoms with Crippen LogP contribution in [0.15, 0.2) is 72.9 Å². The first kappa shape index (κ1) is 23.3. The second-order valence-corrected chi connectivity index (χ2v) is 9.72. The summed E-state index contributed by atoms with van der Waals surface area (Å²) in [6.45, 7) is 3.56. The van der Waals surface area contributed by atoms with E-state index in [1.807, 2.05) is 23.1 Å². The number of nitrogens with zero attached hydrogens (tertiary/aromatic N) is 4. The van der Waals surface area contributed by atoms with Crippen molar-refractivity contribution in [3.8, 4) is 0 Å². The highest BCUT2D eigenvalue weighted by Crippen LogP contribution is 2.33. The van der Waals surface area contributed by atoms with Gasteiger partial charge >= 0.3 is 0 Å². The van der Waals surface area contributed by atoms with Crippen LogP contribution in [0.25, 0.3) is 0 Å². The Morgan fingerprint density at radius 3 is 2.51 bits per heavy atom. The predicted molar refractivity (Wildman–Crippen MR) is 135 cm³/mol. The Hall–Kier alpha value is -3.45. The number of carbonyl (C=O) groups excluding carboxylic acids is 1. The van der Waals surface area contributed by atoms with Crippen molar-refractivity contribution in [2.45, 2.75) is 38.3 Å². The molecule has 3 aromatic rings. The maximum Gasteiger partial charge on any atom is 0.269 e. The number of likely N-dealkylation sites (tertiary alicyclic amines) is 1. The zero-order chi connectivity index (χ0) is 24.2. The van der Waals surface area contributed by atoms with Gasteiger partial charge in [-0.15, -0.1) is 0 Å². The van der Waals surface area contributed by atoms with Gasteiger partial charge in [0, 0.05) is 50.2 Å². The van der Waals surface area contributed by atoms with Crippen LogP contribution in [-0.2, 0) is 17.8 Å². The quantitative estimate of drug-likeness (QED) is 0.386. The van der Waals surface area contributed by atoms with Crippen molar-refractivity contribution in [1.82, 2.24) is 14.4 Å². The van der Waals surface area contributed by atoms with Crippen LogP contribution in [0.2, 0.25) is 0 Å². The minimum Gasteiger partial charge on any atom is -0.350 e. The number of nitro groups is 1. The molecular weight excluding hydrogens is 440 g/mol. The Labute approximate surface area is 206 Å². The van der Waals surface area contributed by atoms with Gasteiger partial charge in [-0.25, -0.2) is 0 Å². The number of benzene rings is 2. The first-order chi connectivity index (χ1) is 17.1. The number of carbonyl (C=O) groups is 1. The zero-order valence-corrected chi connectivity index (χ0v) is 20.0. The zero-order valence-electron chi connectivity index (χ0n) is 20.0. The van der Waals surface area contributed by atoms with Gasteiger partial charge in [0.25, 0.3) is 5.69 Å². The summed E-state index contributed by atoms with van der Waals surface area (Å²) in [5.41, 5.74) is 3.38. The Kier molecular flexibility index (Phi) is 6.95. The summed E-state index contributed by atoms with van der Waals surface area (Å²) in [5, 5.41) is 11.4. The number of piperidine rings is 1. The SMILES string of the molecule is O=C(CN1CCCn2cccc2C1c1cccc([N+](=O)[O-])c1)N1CCC(Cc2ccccc2)CC1. The number of nitro benzene ring substituents is 1. The van der Waals surface area contributed by atoms with Gasteiger partial charge in [-0.05, 0) is 54.9 Å². The number of non-ortho nitro benzene ring substituents is 1. The maximum absolute atomic E-state index is 13.4. The summed E-state index contributed by atoms with van der Waals surface area (Å²) in [4.78, 5) is 28.7. The highest BCUT2D eigenvalue weighted by atomic mass is 16.6. The molecule has 0 radical (unpaired) electrons. The van der Waals surface area contributed by atoms with Gasteiger partial charge in [-0.2, -0.15) is 0 Å². The number of hydrogen-bond donors (Lipinski definition) is 0. The molecule has 0 aliphatic carbocycles. The monoisotopic (exact) mass is 472 g/mol. The van der Waals surface area contributed by atoms with Gasteiger partial charge < -0.3 is 9.47 Å². The molecule has 0 N–H and O–H groups in total. The van der Waals surface area contributed by atoms with Crippen molar-refractivity contribution >= 4 is 11.6 Å². The van der Waals surface area contributed by atoms with E-state index in [2.05, 4.69) is 46.0 Å². The summed E-state index contributed by atoms with van der Waals surface area (Å²) in [5.74, 6) is 0.763. The van der Waals surface area contributed by atoms with Crippen molar-refractivity contribution in [1.29, 1.82) is 0 Å². The molecule has 7 nitrogen and oxygen atoms in total. The van der Waals surface area contributed by atoms with E-state index in [0.717, 1.165) is 63.1 Å². The van der Waals surface area contributed by atoms with Crippen LogP contribution in [0, 0.1) is 16.0 Å². The van der Waals surface area contributed by atoms with Gasteiger partial charge in [-0.3, -0.25) is 19.8 Å². The van der Waals surface area contributed by atoms with E-state index in [1.165, 1.54) is 11.6 Å². The summed E-state index contributed by atoms with van der Waals surface area (Å²) < 4.78 is 2.21. The number of hydrogen-bond acceptors (Lipinski definition) is 4. The van der Waals surface area contributed by atoms with E-state index in [1.54, 1.807) is 12.1 Å². The van der Waals surface area contributed by atoms with E-state index >= 15 is 0 Å². The van der Waals surface area contributed by atoms with E-state index in [0.29, 0.717) is 12.5 Å². The molecule has 0 saturated carbocycles. The van der Waals surface area contributed by atoms with Crippen LogP contribution in [-0.4, -0.2) is 51.4 Å². The average Bonchev–Trinajstić information content (AvgIpc) is 3.26. The van der Waals surface area contributed by atoms with Crippen molar-refractivity contribution < 1.29 is 9.72 Å². The lowest BCUT2D eigenvalue weighted by Crippen LogP contribution is -2.45. The third-order valence-electron chi connectivity index (χ3n) is 7.42. The van der Waals surface area contributed by atoms with Gasteiger partial charge in [-0.1, -0.05) is 42.5 Å². The molecule has 1 fully saturated rings. The number of rotatable bonds is 6. The standard InChI is InChI=1S/C28H32N4O3/c33-27(30-17-12-23(13-18-30)19-22-7-2-1-3-8-22)21-31-16-6-15-29-14-5-11-26(29)28(31)24-9-4-10-25(20-24)32(34)35/h1-5,7-11,14,20,23,28H,6,12-13,15-19,21H2. The maximum atomic E-state index is 13.4. The fourth-order valence-electron chi connectivity index (χ4n) is 5.61. The third kappa shape index (κ3) is 5.30. The third-order valence-corrected chi connectivity index (χ3v) is 7.42. The number of fused-ring (bicyclic) bond motifs is 1. The van der Waals surface area contributed by atoms with Gasteiger partial charge in [0.1, 0.15) is 0 Å². The Morgan fingerprint density at radius 1 is 0.943 bits per heavy atom. The van der Waals surface area contributed by atoms with Gasteiger partial charge in [0.05, 0.1) is 17.5 Å². The van der Waals surface area contributed by atoms with Crippen molar-refractivity contribution in [2.24, 2.45) is 5.92 Å². The second kappa shape index (κ2) is 10.4. The summed E-state index contributed by atoms with van der Waals surface area (Å²) in [7, 11) is 0.